The van der Waals surface area contributed by atoms with Crippen molar-refractivity contribution in [3.8, 4) is 0 Å². The summed E-state index contributed by atoms with van der Waals surface area (Å²) in [4.78, 5) is 0. The van der Waals surface area contributed by atoms with Gasteiger partial charge in [0, 0.05) is 0 Å². The molecule has 2 unspecified atom stereocenters. The summed E-state index contributed by atoms with van der Waals surface area (Å²) in [6, 6.07) is 6.49. The number of hydrogen-bond donors (Lipinski definition) is 2. The van der Waals surface area contributed by atoms with E-state index in [0.29, 0.717) is 11.1 Å². The van der Waals surface area contributed by atoms with Crippen molar-refractivity contribution in [1.29, 1.82) is 0 Å². The predicted molar refractivity (Wildman–Crippen MR) is 50.0 cm³/mol. The summed E-state index contributed by atoms with van der Waals surface area (Å²) in [5, 5.41) is 8.85. The van der Waals surface area contributed by atoms with Gasteiger partial charge in [0.25, 0.3) is 0 Å². The van der Waals surface area contributed by atoms with Crippen LogP contribution in [0.3, 0.4) is 0 Å². The van der Waals surface area contributed by atoms with Crippen molar-refractivity contribution < 1.29 is 9.50 Å². The van der Waals surface area contributed by atoms with Gasteiger partial charge < -0.3 is 10.8 Å². The zero-order valence-electron chi connectivity index (χ0n) is 7.57. The minimum Gasteiger partial charge on any atom is -0.394 e. The van der Waals surface area contributed by atoms with Crippen LogP contribution >= 0.6 is 0 Å². The highest BCUT2D eigenvalue weighted by Crippen LogP contribution is 2.24. The van der Waals surface area contributed by atoms with Crippen LogP contribution in [0.1, 0.15) is 30.3 Å². The summed E-state index contributed by atoms with van der Waals surface area (Å²) in [5.41, 5.74) is 6.86. The molecule has 1 aromatic rings. The normalized spacial score (nSPS) is 15.4. The van der Waals surface area contributed by atoms with E-state index in [1.54, 1.807) is 24.3 Å². The second-order valence-corrected chi connectivity index (χ2v) is 3.03. The lowest BCUT2D eigenvalue weighted by Crippen LogP contribution is -2.16. The third-order valence-corrected chi connectivity index (χ3v) is 2.02. The molecule has 0 aliphatic rings. The van der Waals surface area contributed by atoms with E-state index in [9.17, 15) is 4.39 Å². The quantitative estimate of drug-likeness (QED) is 0.749. The Bertz CT molecular complexity index is 275. The Morgan fingerprint density at radius 3 is 2.38 bits per heavy atom. The maximum absolute atomic E-state index is 13.1. The number of nitrogens with two attached hydrogens (primary N) is 1. The van der Waals surface area contributed by atoms with Crippen LogP contribution in [-0.4, -0.2) is 11.7 Å². The van der Waals surface area contributed by atoms with Gasteiger partial charge in [0.1, 0.15) is 6.17 Å². The van der Waals surface area contributed by atoms with Gasteiger partial charge >= 0.3 is 0 Å². The smallest absolute Gasteiger partial charge is 0.123 e. The monoisotopic (exact) mass is 183 g/mol. The summed E-state index contributed by atoms with van der Waals surface area (Å²) < 4.78 is 13.1. The van der Waals surface area contributed by atoms with Crippen LogP contribution in [0.2, 0.25) is 0 Å². The molecule has 0 aromatic heterocycles. The molecule has 0 amide bonds. The molecule has 2 atom stereocenters. The molecule has 0 saturated heterocycles. The van der Waals surface area contributed by atoms with Crippen LogP contribution in [0.5, 0.6) is 0 Å². The van der Waals surface area contributed by atoms with Gasteiger partial charge in [-0.1, -0.05) is 24.3 Å². The van der Waals surface area contributed by atoms with Crippen LogP contribution in [0.25, 0.3) is 0 Å². The molecule has 1 rings (SSSR count). The Kier molecular flexibility index (Phi) is 3.39. The summed E-state index contributed by atoms with van der Waals surface area (Å²) in [5.74, 6) is 0. The fourth-order valence-corrected chi connectivity index (χ4v) is 1.31. The van der Waals surface area contributed by atoms with E-state index in [1.807, 2.05) is 0 Å². The van der Waals surface area contributed by atoms with Gasteiger partial charge in [-0.3, -0.25) is 0 Å². The molecule has 3 heteroatoms. The summed E-state index contributed by atoms with van der Waals surface area (Å²) in [6.45, 7) is 1.30. The third kappa shape index (κ3) is 2.26. The Hall–Kier alpha value is -0.930. The fourth-order valence-electron chi connectivity index (χ4n) is 1.31. The molecule has 0 radical (unpaired) electrons. The van der Waals surface area contributed by atoms with Crippen LogP contribution < -0.4 is 5.73 Å². The average Bonchev–Trinajstić information content (AvgIpc) is 2.16. The first-order valence-electron chi connectivity index (χ1n) is 4.26. The molecule has 3 N–H and O–H groups in total. The minimum absolute atomic E-state index is 0.163. The summed E-state index contributed by atoms with van der Waals surface area (Å²) in [6.07, 6.45) is -1.05. The van der Waals surface area contributed by atoms with Crippen LogP contribution in [0.15, 0.2) is 24.3 Å². The number of halogens is 1. The zero-order chi connectivity index (χ0) is 9.84. The van der Waals surface area contributed by atoms with Gasteiger partial charge in [0.15, 0.2) is 0 Å². The van der Waals surface area contributed by atoms with E-state index in [1.165, 1.54) is 6.92 Å². The van der Waals surface area contributed by atoms with Crippen molar-refractivity contribution in [3.05, 3.63) is 35.4 Å². The molecule has 0 aliphatic heterocycles. The van der Waals surface area contributed by atoms with Gasteiger partial charge in [-0.25, -0.2) is 4.39 Å². The number of alkyl halides is 1. The van der Waals surface area contributed by atoms with E-state index in [-0.39, 0.29) is 6.61 Å². The van der Waals surface area contributed by atoms with Gasteiger partial charge in [-0.15, -0.1) is 0 Å². The predicted octanol–water partition coefficient (Wildman–Crippen LogP) is 1.71. The SMILES string of the molecule is CC(F)c1ccccc1C(N)CO. The number of aliphatic hydroxyl groups is 1. The van der Waals surface area contributed by atoms with Crippen molar-refractivity contribution in [1.82, 2.24) is 0 Å². The Morgan fingerprint density at radius 1 is 1.38 bits per heavy atom. The Morgan fingerprint density at radius 2 is 1.92 bits per heavy atom. The highest BCUT2D eigenvalue weighted by molar-refractivity contribution is 5.31. The largest absolute Gasteiger partial charge is 0.394 e. The zero-order valence-corrected chi connectivity index (χ0v) is 7.57. The molecule has 0 heterocycles. The Labute approximate surface area is 77.2 Å². The van der Waals surface area contributed by atoms with E-state index in [0.717, 1.165) is 0 Å². The van der Waals surface area contributed by atoms with Crippen molar-refractivity contribution in [2.24, 2.45) is 5.73 Å². The number of rotatable bonds is 3. The second kappa shape index (κ2) is 4.35. The van der Waals surface area contributed by atoms with Crippen LogP contribution in [-0.2, 0) is 0 Å². The van der Waals surface area contributed by atoms with Gasteiger partial charge in [0.2, 0.25) is 0 Å². The molecule has 0 aliphatic carbocycles. The molecule has 72 valence electrons. The van der Waals surface area contributed by atoms with Crippen LogP contribution in [0.4, 0.5) is 4.39 Å². The summed E-state index contributed by atoms with van der Waals surface area (Å²) >= 11 is 0. The highest BCUT2D eigenvalue weighted by Gasteiger charge is 2.13. The van der Waals surface area contributed by atoms with E-state index >= 15 is 0 Å². The average molecular weight is 183 g/mol. The molecule has 0 fully saturated rings. The van der Waals surface area contributed by atoms with Gasteiger partial charge in [-0.05, 0) is 18.1 Å². The number of hydrogen-bond acceptors (Lipinski definition) is 2. The lowest BCUT2D eigenvalue weighted by molar-refractivity contribution is 0.265. The number of aliphatic hydroxyl groups excluding tert-OH is 1. The first kappa shape index (κ1) is 10.2. The Balaban J connectivity index is 3.04. The number of benzene rings is 1. The highest BCUT2D eigenvalue weighted by atomic mass is 19.1. The summed E-state index contributed by atoms with van der Waals surface area (Å²) in [7, 11) is 0. The van der Waals surface area contributed by atoms with Crippen molar-refractivity contribution in [2.75, 3.05) is 6.61 Å². The first-order valence-corrected chi connectivity index (χ1v) is 4.26. The maximum Gasteiger partial charge on any atom is 0.123 e. The molecule has 13 heavy (non-hydrogen) atoms. The van der Waals surface area contributed by atoms with Crippen molar-refractivity contribution in [3.63, 3.8) is 0 Å². The standard InChI is InChI=1S/C10H14FNO/c1-7(11)8-4-2-3-5-9(8)10(12)6-13/h2-5,7,10,13H,6,12H2,1H3. The van der Waals surface area contributed by atoms with Crippen molar-refractivity contribution in [2.45, 2.75) is 19.1 Å². The van der Waals surface area contributed by atoms with Crippen molar-refractivity contribution >= 4 is 0 Å². The van der Waals surface area contributed by atoms with E-state index in [4.69, 9.17) is 10.8 Å². The first-order chi connectivity index (χ1) is 6.16. The fraction of sp³-hybridized carbons (Fsp3) is 0.400. The van der Waals surface area contributed by atoms with Gasteiger partial charge in [-0.2, -0.15) is 0 Å². The topological polar surface area (TPSA) is 46.2 Å². The third-order valence-electron chi connectivity index (χ3n) is 2.02. The molecule has 0 bridgehead atoms. The second-order valence-electron chi connectivity index (χ2n) is 3.03. The lowest BCUT2D eigenvalue weighted by Gasteiger charge is -2.14. The van der Waals surface area contributed by atoms with E-state index in [2.05, 4.69) is 0 Å². The molecular weight excluding hydrogens is 169 g/mol. The van der Waals surface area contributed by atoms with E-state index < -0.39 is 12.2 Å². The molecule has 2 nitrogen and oxygen atoms in total. The van der Waals surface area contributed by atoms with Gasteiger partial charge in [0.05, 0.1) is 12.6 Å². The molecule has 1 aromatic carbocycles. The van der Waals surface area contributed by atoms with Crippen LogP contribution in [0, 0.1) is 0 Å². The minimum atomic E-state index is -1.05. The molecule has 0 spiro atoms. The molecular formula is C10H14FNO. The maximum atomic E-state index is 13.1. The molecule has 0 saturated carbocycles. The lowest BCUT2D eigenvalue weighted by atomic mass is 9.99.